The number of carboxylic acid groups (broad SMARTS) is 1. The fraction of sp³-hybridized carbons (Fsp3) is 0.0769. The lowest BCUT2D eigenvalue weighted by Gasteiger charge is -2.13. The number of rotatable bonds is 8. The van der Waals surface area contributed by atoms with Crippen molar-refractivity contribution in [3.05, 3.63) is 113 Å². The van der Waals surface area contributed by atoms with E-state index in [9.17, 15) is 22.8 Å². The molecule has 0 atom stereocenters. The lowest BCUT2D eigenvalue weighted by molar-refractivity contribution is -0.143. The molecule has 0 aliphatic carbocycles. The molecule has 0 saturated carbocycles. The van der Waals surface area contributed by atoms with Crippen molar-refractivity contribution in [3.8, 4) is 5.69 Å². The Morgan fingerprint density at radius 3 is 2.39 bits per heavy atom. The highest BCUT2D eigenvalue weighted by molar-refractivity contribution is 5.91. The number of hydrogen-bond acceptors (Lipinski definition) is 7. The monoisotopic (exact) mass is 523 g/mol. The molecule has 2 aromatic heterocycles. The van der Waals surface area contributed by atoms with Crippen molar-refractivity contribution in [2.24, 2.45) is 5.73 Å². The van der Waals surface area contributed by atoms with Gasteiger partial charge in [0.1, 0.15) is 12.2 Å². The van der Waals surface area contributed by atoms with E-state index in [0.29, 0.717) is 21.5 Å². The van der Waals surface area contributed by atoms with Gasteiger partial charge in [-0.2, -0.15) is 18.3 Å². The number of halogens is 3. The van der Waals surface area contributed by atoms with Crippen LogP contribution in [0.15, 0.2) is 85.5 Å². The van der Waals surface area contributed by atoms with Crippen molar-refractivity contribution in [1.82, 2.24) is 14.8 Å². The molecule has 2 aromatic carbocycles. The third-order valence-electron chi connectivity index (χ3n) is 5.33. The quantitative estimate of drug-likeness (QED) is 0.283. The van der Waals surface area contributed by atoms with E-state index >= 15 is 0 Å². The number of benzene rings is 2. The Hall–Kier alpha value is -5.13. The van der Waals surface area contributed by atoms with Gasteiger partial charge in [0, 0.05) is 24.3 Å². The summed E-state index contributed by atoms with van der Waals surface area (Å²) in [5.74, 6) is -2.25. The number of ether oxygens (including phenoxy) is 1. The highest BCUT2D eigenvalue weighted by Crippen LogP contribution is 2.34. The Morgan fingerprint density at radius 2 is 1.74 bits per heavy atom. The van der Waals surface area contributed by atoms with E-state index in [4.69, 9.17) is 15.6 Å². The molecule has 0 fully saturated rings. The Labute approximate surface area is 214 Å². The number of nitrogens with two attached hydrogens (primary N) is 1. The Balaban J connectivity index is 1.52. The number of esters is 1. The topological polar surface area (TPSA) is 132 Å². The van der Waals surface area contributed by atoms with Crippen LogP contribution >= 0.6 is 0 Å². The number of nitrogens with one attached hydrogen (secondary N) is 1. The van der Waals surface area contributed by atoms with Crippen LogP contribution in [0.1, 0.15) is 37.5 Å². The molecule has 0 saturated heterocycles. The lowest BCUT2D eigenvalue weighted by atomic mass is 10.1. The summed E-state index contributed by atoms with van der Waals surface area (Å²) in [5, 5.41) is 15.8. The van der Waals surface area contributed by atoms with Gasteiger partial charge in [-0.25, -0.2) is 14.3 Å². The maximum absolute atomic E-state index is 13.9. The van der Waals surface area contributed by atoms with E-state index in [1.54, 1.807) is 24.3 Å². The van der Waals surface area contributed by atoms with Crippen LogP contribution in [0.25, 0.3) is 11.4 Å². The fourth-order valence-corrected chi connectivity index (χ4v) is 3.45. The predicted octanol–water partition coefficient (Wildman–Crippen LogP) is 4.71. The predicted molar refractivity (Wildman–Crippen MR) is 131 cm³/mol. The van der Waals surface area contributed by atoms with E-state index in [-0.39, 0.29) is 23.6 Å². The van der Waals surface area contributed by atoms with Crippen LogP contribution in [0.2, 0.25) is 0 Å². The molecule has 4 rings (SSSR count). The molecule has 2 heterocycles. The third-order valence-corrected chi connectivity index (χ3v) is 5.33. The van der Waals surface area contributed by atoms with Crippen LogP contribution in [0.4, 0.5) is 18.9 Å². The molecule has 4 aromatic rings. The molecule has 0 spiro atoms. The largest absolute Gasteiger partial charge is 0.478 e. The van der Waals surface area contributed by atoms with Crippen LogP contribution in [-0.2, 0) is 17.5 Å². The first kappa shape index (κ1) is 25.9. The number of pyridine rings is 1. The van der Waals surface area contributed by atoms with Crippen molar-refractivity contribution >= 4 is 23.3 Å². The zero-order valence-electron chi connectivity index (χ0n) is 19.5. The average molecular weight is 523 g/mol. The molecule has 9 nitrogen and oxygen atoms in total. The van der Waals surface area contributed by atoms with Gasteiger partial charge in [-0.05, 0) is 59.7 Å². The molecule has 0 bridgehead atoms. The number of alkyl halides is 3. The molecule has 38 heavy (non-hydrogen) atoms. The van der Waals surface area contributed by atoms with Gasteiger partial charge < -0.3 is 20.9 Å². The smallest absolute Gasteiger partial charge is 0.434 e. The zero-order valence-corrected chi connectivity index (χ0v) is 19.5. The minimum Gasteiger partial charge on any atom is -0.478 e. The number of carbonyl (C=O) groups excluding carboxylic acids is 1. The highest BCUT2D eigenvalue weighted by Gasteiger charge is 2.41. The molecule has 12 heteroatoms. The number of anilines is 1. The van der Waals surface area contributed by atoms with E-state index < -0.39 is 29.4 Å². The molecular formula is C26H20F3N5O4. The average Bonchev–Trinajstić information content (AvgIpc) is 3.37. The van der Waals surface area contributed by atoms with E-state index in [0.717, 1.165) is 6.20 Å². The summed E-state index contributed by atoms with van der Waals surface area (Å²) in [4.78, 5) is 27.4. The number of aromatic nitrogens is 3. The molecule has 0 radical (unpaired) electrons. The summed E-state index contributed by atoms with van der Waals surface area (Å²) >= 11 is 0. The van der Waals surface area contributed by atoms with Crippen molar-refractivity contribution < 1.29 is 32.6 Å². The van der Waals surface area contributed by atoms with Crippen LogP contribution in [0.5, 0.6) is 0 Å². The molecule has 0 unspecified atom stereocenters. The van der Waals surface area contributed by atoms with Gasteiger partial charge in [0.2, 0.25) is 0 Å². The standard InChI is InChI=1S/C26H20F3N5O4/c27-26(28,29)23-21(25(37)38-15-16-8-10-31-11-9-16)13-33-34(23)20-6-4-19(5-7-20)32-14-22(30)17-2-1-3-18(12-17)24(35)36/h1-14,32H,15,30H2,(H,35,36)/b22-14-. The van der Waals surface area contributed by atoms with Gasteiger partial charge in [-0.3, -0.25) is 4.98 Å². The summed E-state index contributed by atoms with van der Waals surface area (Å²) in [6.07, 6.45) is 0.310. The number of aromatic carboxylic acids is 1. The second-order valence-corrected chi connectivity index (χ2v) is 7.92. The van der Waals surface area contributed by atoms with Crippen LogP contribution < -0.4 is 11.1 Å². The van der Waals surface area contributed by atoms with Crippen molar-refractivity contribution in [2.75, 3.05) is 5.32 Å². The summed E-state index contributed by atoms with van der Waals surface area (Å²) in [7, 11) is 0. The van der Waals surface area contributed by atoms with Gasteiger partial charge in [-0.15, -0.1) is 0 Å². The van der Waals surface area contributed by atoms with E-state index in [1.165, 1.54) is 55.0 Å². The Morgan fingerprint density at radius 1 is 1.05 bits per heavy atom. The number of hydrogen-bond donors (Lipinski definition) is 3. The van der Waals surface area contributed by atoms with Gasteiger partial charge in [0.05, 0.1) is 23.1 Å². The summed E-state index contributed by atoms with van der Waals surface area (Å²) < 4.78 is 47.5. The first-order valence-electron chi connectivity index (χ1n) is 11.0. The van der Waals surface area contributed by atoms with Gasteiger partial charge >= 0.3 is 18.1 Å². The van der Waals surface area contributed by atoms with Crippen molar-refractivity contribution in [3.63, 3.8) is 0 Å². The normalized spacial score (nSPS) is 11.7. The molecule has 194 valence electrons. The molecular weight excluding hydrogens is 503 g/mol. The summed E-state index contributed by atoms with van der Waals surface area (Å²) in [6.45, 7) is -0.221. The van der Waals surface area contributed by atoms with E-state index in [1.807, 2.05) is 0 Å². The highest BCUT2D eigenvalue weighted by atomic mass is 19.4. The fourth-order valence-electron chi connectivity index (χ4n) is 3.45. The van der Waals surface area contributed by atoms with Crippen LogP contribution in [0.3, 0.4) is 0 Å². The second kappa shape index (κ2) is 10.9. The summed E-state index contributed by atoms with van der Waals surface area (Å²) in [5.41, 5.74) is 5.95. The van der Waals surface area contributed by atoms with Gasteiger partial charge in [-0.1, -0.05) is 12.1 Å². The van der Waals surface area contributed by atoms with Gasteiger partial charge in [0.15, 0.2) is 5.69 Å². The molecule has 0 aliphatic rings. The maximum Gasteiger partial charge on any atom is 0.434 e. The van der Waals surface area contributed by atoms with Gasteiger partial charge in [0.25, 0.3) is 0 Å². The lowest BCUT2D eigenvalue weighted by Crippen LogP contribution is -2.18. The summed E-state index contributed by atoms with van der Waals surface area (Å²) in [6, 6.07) is 14.9. The van der Waals surface area contributed by atoms with E-state index in [2.05, 4.69) is 15.4 Å². The first-order chi connectivity index (χ1) is 18.1. The third kappa shape index (κ3) is 5.98. The Kier molecular flexibility index (Phi) is 7.42. The zero-order chi connectivity index (χ0) is 27.3. The number of carbonyl (C=O) groups is 2. The number of nitrogens with zero attached hydrogens (tertiary/aromatic N) is 3. The Bertz CT molecular complexity index is 1480. The molecule has 0 amide bonds. The van der Waals surface area contributed by atoms with Crippen LogP contribution in [0, 0.1) is 0 Å². The van der Waals surface area contributed by atoms with Crippen molar-refractivity contribution in [2.45, 2.75) is 12.8 Å². The minimum atomic E-state index is -4.89. The van der Waals surface area contributed by atoms with Crippen molar-refractivity contribution in [1.29, 1.82) is 0 Å². The van der Waals surface area contributed by atoms with Crippen LogP contribution in [-0.4, -0.2) is 31.8 Å². The minimum absolute atomic E-state index is 0.0576. The SMILES string of the molecule is N/C(=C\Nc1ccc(-n2ncc(C(=O)OCc3ccncc3)c2C(F)(F)F)cc1)c1cccc(C(=O)O)c1. The second-order valence-electron chi connectivity index (χ2n) is 7.92. The molecule has 4 N–H and O–H groups in total. The number of carboxylic acids is 1. The first-order valence-corrected chi connectivity index (χ1v) is 11.0. The maximum atomic E-state index is 13.9. The molecule has 0 aliphatic heterocycles.